The fraction of sp³-hybridized carbons (Fsp3) is 0.750. The Morgan fingerprint density at radius 1 is 1.31 bits per heavy atom. The number of hydrogen-bond acceptors (Lipinski definition) is 2. The summed E-state index contributed by atoms with van der Waals surface area (Å²) in [5.41, 5.74) is 0.687. The van der Waals surface area contributed by atoms with Crippen molar-refractivity contribution >= 4 is 0 Å². The van der Waals surface area contributed by atoms with Gasteiger partial charge in [-0.1, -0.05) is 13.8 Å². The molecule has 1 saturated heterocycles. The highest BCUT2D eigenvalue weighted by atomic mass is 19.1. The summed E-state index contributed by atoms with van der Waals surface area (Å²) in [4.78, 5) is 2.33. The molecule has 0 N–H and O–H groups in total. The van der Waals surface area contributed by atoms with Crippen molar-refractivity contribution < 1.29 is 4.39 Å². The number of nitrogens with zero attached hydrogens (tertiary/aromatic N) is 3. The molecule has 0 bridgehead atoms. The molecule has 1 aliphatic heterocycles. The van der Waals surface area contributed by atoms with E-state index in [-0.39, 0.29) is 5.82 Å². The van der Waals surface area contributed by atoms with Crippen molar-refractivity contribution in [2.75, 3.05) is 20.1 Å². The summed E-state index contributed by atoms with van der Waals surface area (Å²) < 4.78 is 15.0. The minimum absolute atomic E-state index is 0.177. The number of halogens is 1. The molecule has 4 heteroatoms. The Labute approximate surface area is 96.2 Å². The van der Waals surface area contributed by atoms with Gasteiger partial charge >= 0.3 is 0 Å². The molecule has 0 spiro atoms. The second-order valence-electron chi connectivity index (χ2n) is 4.56. The fourth-order valence-electron chi connectivity index (χ4n) is 2.77. The van der Waals surface area contributed by atoms with Crippen molar-refractivity contribution in [3.05, 3.63) is 17.7 Å². The van der Waals surface area contributed by atoms with Gasteiger partial charge < -0.3 is 4.90 Å². The van der Waals surface area contributed by atoms with Crippen LogP contribution < -0.4 is 0 Å². The molecule has 2 atom stereocenters. The van der Waals surface area contributed by atoms with E-state index >= 15 is 0 Å². The van der Waals surface area contributed by atoms with Gasteiger partial charge in [0.05, 0.1) is 17.9 Å². The van der Waals surface area contributed by atoms with Crippen LogP contribution in [0.1, 0.15) is 25.6 Å². The van der Waals surface area contributed by atoms with Crippen molar-refractivity contribution in [2.24, 2.45) is 11.8 Å². The number of piperidine rings is 1. The van der Waals surface area contributed by atoms with Crippen LogP contribution in [0, 0.1) is 24.6 Å². The predicted molar refractivity (Wildman–Crippen MR) is 61.8 cm³/mol. The molecule has 1 aliphatic carbocycles. The van der Waals surface area contributed by atoms with Gasteiger partial charge in [0.15, 0.2) is 5.82 Å². The van der Waals surface area contributed by atoms with Crippen molar-refractivity contribution in [3.8, 4) is 0 Å². The van der Waals surface area contributed by atoms with Gasteiger partial charge in [0, 0.05) is 24.9 Å². The van der Waals surface area contributed by atoms with Crippen molar-refractivity contribution in [3.63, 3.8) is 0 Å². The Morgan fingerprint density at radius 3 is 2.31 bits per heavy atom. The van der Waals surface area contributed by atoms with Crippen LogP contribution in [-0.2, 0) is 0 Å². The topological polar surface area (TPSA) is 21.1 Å². The molecule has 16 heavy (non-hydrogen) atoms. The van der Waals surface area contributed by atoms with Crippen molar-refractivity contribution in [2.45, 2.75) is 26.8 Å². The van der Waals surface area contributed by atoms with Gasteiger partial charge in [-0.15, -0.1) is 0 Å². The number of hydrogen-bond donors (Lipinski definition) is 0. The molecule has 0 amide bonds. The highest BCUT2D eigenvalue weighted by Gasteiger charge is 2.56. The summed E-state index contributed by atoms with van der Waals surface area (Å²) in [7, 11) is 2.14. The molecule has 90 valence electrons. The van der Waals surface area contributed by atoms with E-state index < -0.39 is 0 Å². The number of likely N-dealkylation sites (tertiary alicyclic amines) is 1. The molecule has 2 heterocycles. The molecule has 2 fully saturated rings. The normalized spacial score (nSPS) is 31.9. The number of rotatable bonds is 1. The van der Waals surface area contributed by atoms with E-state index in [0.29, 0.717) is 23.6 Å². The van der Waals surface area contributed by atoms with Crippen molar-refractivity contribution in [1.82, 2.24) is 14.7 Å². The van der Waals surface area contributed by atoms with Crippen LogP contribution in [0.2, 0.25) is 0 Å². The van der Waals surface area contributed by atoms with Gasteiger partial charge in [0.1, 0.15) is 0 Å². The third kappa shape index (κ3) is 1.65. The quantitative estimate of drug-likeness (QED) is 0.729. The monoisotopic (exact) mass is 225 g/mol. The molecule has 0 radical (unpaired) electrons. The molecule has 3 rings (SSSR count). The van der Waals surface area contributed by atoms with Crippen molar-refractivity contribution in [1.29, 1.82) is 0 Å². The first kappa shape index (κ1) is 11.6. The lowest BCUT2D eigenvalue weighted by Crippen LogP contribution is -2.21. The SMILES string of the molecule is CC.Cc1c(F)cnn1C1C2CN(C)CC21. The Bertz CT molecular complexity index is 362. The fourth-order valence-corrected chi connectivity index (χ4v) is 2.77. The average Bonchev–Trinajstić information content (AvgIpc) is 2.63. The highest BCUT2D eigenvalue weighted by Crippen LogP contribution is 2.54. The zero-order valence-electron chi connectivity index (χ0n) is 10.4. The summed E-state index contributed by atoms with van der Waals surface area (Å²) in [6.07, 6.45) is 1.33. The highest BCUT2D eigenvalue weighted by molar-refractivity contribution is 5.13. The minimum atomic E-state index is -0.177. The first-order valence-corrected chi connectivity index (χ1v) is 6.06. The molecular weight excluding hydrogens is 205 g/mol. The second kappa shape index (κ2) is 4.17. The summed E-state index contributed by atoms with van der Waals surface area (Å²) >= 11 is 0. The van der Waals surface area contributed by atoms with Gasteiger partial charge in [-0.3, -0.25) is 4.68 Å². The second-order valence-corrected chi connectivity index (χ2v) is 4.56. The molecule has 1 aromatic heterocycles. The third-order valence-electron chi connectivity index (χ3n) is 3.60. The van der Waals surface area contributed by atoms with Crippen LogP contribution in [-0.4, -0.2) is 34.8 Å². The molecule has 2 unspecified atom stereocenters. The van der Waals surface area contributed by atoms with Gasteiger partial charge in [-0.05, 0) is 14.0 Å². The molecule has 3 nitrogen and oxygen atoms in total. The van der Waals surface area contributed by atoms with E-state index in [9.17, 15) is 4.39 Å². The third-order valence-corrected chi connectivity index (χ3v) is 3.60. The van der Waals surface area contributed by atoms with Gasteiger partial charge in [0.2, 0.25) is 0 Å². The lowest BCUT2D eigenvalue weighted by molar-refractivity contribution is 0.333. The lowest BCUT2D eigenvalue weighted by Gasteiger charge is -2.13. The van der Waals surface area contributed by atoms with Crippen LogP contribution >= 0.6 is 0 Å². The molecule has 1 saturated carbocycles. The summed E-state index contributed by atoms with van der Waals surface area (Å²) in [6.45, 7) is 8.08. The predicted octanol–water partition coefficient (Wildman–Crippen LogP) is 2.09. The Balaban J connectivity index is 0.000000457. The molecule has 0 aromatic carbocycles. The standard InChI is InChI=1S/C10H14FN3.C2H6/c1-6-9(11)3-12-14(6)10-7-4-13(2)5-8(7)10;1-2/h3,7-8,10H,4-5H2,1-2H3;1-2H3. The average molecular weight is 225 g/mol. The van der Waals surface area contributed by atoms with Gasteiger partial charge in [-0.25, -0.2) is 4.39 Å². The first-order valence-electron chi connectivity index (χ1n) is 6.06. The van der Waals surface area contributed by atoms with Gasteiger partial charge in [-0.2, -0.15) is 5.10 Å². The van der Waals surface area contributed by atoms with E-state index in [4.69, 9.17) is 0 Å². The minimum Gasteiger partial charge on any atom is -0.306 e. The van der Waals surface area contributed by atoms with E-state index in [1.54, 1.807) is 6.92 Å². The zero-order chi connectivity index (χ0) is 11.9. The number of aromatic nitrogens is 2. The maximum absolute atomic E-state index is 13.1. The van der Waals surface area contributed by atoms with E-state index in [1.807, 2.05) is 18.5 Å². The Morgan fingerprint density at radius 2 is 1.88 bits per heavy atom. The lowest BCUT2D eigenvalue weighted by atomic mass is 10.4. The molecule has 2 aliphatic rings. The first-order chi connectivity index (χ1) is 7.68. The molecular formula is C12H20FN3. The van der Waals surface area contributed by atoms with E-state index in [2.05, 4.69) is 17.0 Å². The van der Waals surface area contributed by atoms with Crippen LogP contribution in [0.4, 0.5) is 4.39 Å². The summed E-state index contributed by atoms with van der Waals surface area (Å²) in [5, 5.41) is 4.11. The van der Waals surface area contributed by atoms with Crippen LogP contribution in [0.5, 0.6) is 0 Å². The van der Waals surface area contributed by atoms with Crippen LogP contribution in [0.25, 0.3) is 0 Å². The van der Waals surface area contributed by atoms with Gasteiger partial charge in [0.25, 0.3) is 0 Å². The largest absolute Gasteiger partial charge is 0.306 e. The molecule has 1 aromatic rings. The number of fused-ring (bicyclic) bond motifs is 1. The summed E-state index contributed by atoms with van der Waals surface area (Å²) in [5.74, 6) is 1.24. The summed E-state index contributed by atoms with van der Waals surface area (Å²) in [6, 6.07) is 0.468. The van der Waals surface area contributed by atoms with E-state index in [1.165, 1.54) is 6.20 Å². The van der Waals surface area contributed by atoms with Crippen LogP contribution in [0.15, 0.2) is 6.20 Å². The maximum Gasteiger partial charge on any atom is 0.163 e. The van der Waals surface area contributed by atoms with Crippen LogP contribution in [0.3, 0.4) is 0 Å². The Hall–Kier alpha value is -0.900. The zero-order valence-corrected chi connectivity index (χ0v) is 10.4. The maximum atomic E-state index is 13.1. The smallest absolute Gasteiger partial charge is 0.163 e. The van der Waals surface area contributed by atoms with E-state index in [0.717, 1.165) is 13.1 Å². The Kier molecular flexibility index (Phi) is 3.02.